The number of benzene rings is 1. The lowest BCUT2D eigenvalue weighted by atomic mass is 10.2. The third kappa shape index (κ3) is 4.94. The highest BCUT2D eigenvalue weighted by molar-refractivity contribution is 8.26. The van der Waals surface area contributed by atoms with E-state index in [0.29, 0.717) is 21.1 Å². The molecule has 2 heterocycles. The molecule has 1 aromatic heterocycles. The largest absolute Gasteiger partial charge is 0.493 e. The molecule has 3 rings (SSSR count). The number of amides is 2. The predicted molar refractivity (Wildman–Crippen MR) is 113 cm³/mol. The smallest absolute Gasteiger partial charge is 0.341 e. The molecular weight excluding hydrogens is 436 g/mol. The van der Waals surface area contributed by atoms with E-state index in [4.69, 9.17) is 26.8 Å². The number of rotatable bonds is 7. The number of nitrogens with one attached hydrogen (secondary N) is 1. The van der Waals surface area contributed by atoms with Crippen LogP contribution in [0.5, 0.6) is 11.5 Å². The molecule has 2 amide bonds. The SMILES string of the molecule is COc1cc(/C=C2/SC(=S)N(NC(=O)c3cccs3)C2=O)ccc1OCC(=O)O. The molecule has 1 fully saturated rings. The molecule has 29 heavy (non-hydrogen) atoms. The summed E-state index contributed by atoms with van der Waals surface area (Å²) in [6.45, 7) is -0.502. The van der Waals surface area contributed by atoms with Crippen molar-refractivity contribution < 1.29 is 29.0 Å². The normalized spacial score (nSPS) is 14.9. The number of ether oxygens (including phenoxy) is 2. The van der Waals surface area contributed by atoms with Crippen molar-refractivity contribution in [2.45, 2.75) is 0 Å². The zero-order valence-corrected chi connectivity index (χ0v) is 17.4. The lowest BCUT2D eigenvalue weighted by Gasteiger charge is -2.14. The molecule has 1 saturated heterocycles. The van der Waals surface area contributed by atoms with E-state index in [1.807, 2.05) is 0 Å². The van der Waals surface area contributed by atoms with Crippen molar-refractivity contribution in [3.05, 3.63) is 51.1 Å². The molecule has 0 radical (unpaired) electrons. The molecule has 8 nitrogen and oxygen atoms in total. The number of thiocarbonyl (C=S) groups is 1. The third-order valence-electron chi connectivity index (χ3n) is 3.59. The van der Waals surface area contributed by atoms with Crippen molar-refractivity contribution >= 4 is 63.5 Å². The number of hydrogen-bond acceptors (Lipinski definition) is 8. The summed E-state index contributed by atoms with van der Waals surface area (Å²) in [4.78, 5) is 36.3. The number of nitrogens with zero attached hydrogens (tertiary/aromatic N) is 1. The van der Waals surface area contributed by atoms with Gasteiger partial charge in [-0.15, -0.1) is 11.3 Å². The molecular formula is C18H14N2O6S3. The van der Waals surface area contributed by atoms with Crippen LogP contribution in [-0.4, -0.2) is 45.9 Å². The number of thioether (sulfide) groups is 1. The number of carbonyl (C=O) groups is 3. The lowest BCUT2D eigenvalue weighted by Crippen LogP contribution is -2.44. The molecule has 2 aromatic rings. The summed E-state index contributed by atoms with van der Waals surface area (Å²) >= 11 is 7.51. The van der Waals surface area contributed by atoms with Gasteiger partial charge in [-0.05, 0) is 47.4 Å². The molecule has 0 atom stereocenters. The maximum atomic E-state index is 12.6. The van der Waals surface area contributed by atoms with Crippen LogP contribution in [0, 0.1) is 0 Å². The number of hydrazine groups is 1. The fraction of sp³-hybridized carbons (Fsp3) is 0.111. The number of carboxylic acids is 1. The summed E-state index contributed by atoms with van der Waals surface area (Å²) in [5.41, 5.74) is 3.13. The first-order chi connectivity index (χ1) is 13.9. The van der Waals surface area contributed by atoms with Crippen LogP contribution >= 0.6 is 35.3 Å². The molecule has 150 valence electrons. The summed E-state index contributed by atoms with van der Waals surface area (Å²) in [7, 11) is 1.42. The van der Waals surface area contributed by atoms with Crippen molar-refractivity contribution in [1.82, 2.24) is 10.4 Å². The Bertz CT molecular complexity index is 1000. The van der Waals surface area contributed by atoms with Crippen LogP contribution in [0.1, 0.15) is 15.2 Å². The van der Waals surface area contributed by atoms with E-state index >= 15 is 0 Å². The Kier molecular flexibility index (Phi) is 6.52. The van der Waals surface area contributed by atoms with Crippen molar-refractivity contribution in [2.75, 3.05) is 13.7 Å². The van der Waals surface area contributed by atoms with Crippen LogP contribution in [0.2, 0.25) is 0 Å². The molecule has 0 unspecified atom stereocenters. The van der Waals surface area contributed by atoms with Gasteiger partial charge in [0.2, 0.25) is 0 Å². The number of carbonyl (C=O) groups excluding carboxylic acids is 2. The predicted octanol–water partition coefficient (Wildman–Crippen LogP) is 2.77. The second kappa shape index (κ2) is 9.07. The van der Waals surface area contributed by atoms with E-state index in [2.05, 4.69) is 5.43 Å². The average Bonchev–Trinajstić information content (AvgIpc) is 3.31. The number of hydrogen-bond donors (Lipinski definition) is 2. The van der Waals surface area contributed by atoms with Crippen LogP contribution in [0.25, 0.3) is 6.08 Å². The summed E-state index contributed by atoms with van der Waals surface area (Å²) in [6, 6.07) is 8.19. The van der Waals surface area contributed by atoms with Crippen molar-refractivity contribution in [1.29, 1.82) is 0 Å². The molecule has 1 aliphatic heterocycles. The highest BCUT2D eigenvalue weighted by atomic mass is 32.2. The van der Waals surface area contributed by atoms with Crippen molar-refractivity contribution in [3.8, 4) is 11.5 Å². The summed E-state index contributed by atoms with van der Waals surface area (Å²) < 4.78 is 10.6. The Hall–Kier alpha value is -2.89. The maximum absolute atomic E-state index is 12.6. The van der Waals surface area contributed by atoms with Crippen LogP contribution in [0.15, 0.2) is 40.6 Å². The van der Waals surface area contributed by atoms with E-state index in [1.165, 1.54) is 18.4 Å². The number of methoxy groups -OCH3 is 1. The fourth-order valence-corrected chi connectivity index (χ4v) is 4.11. The van der Waals surface area contributed by atoms with Gasteiger partial charge < -0.3 is 14.6 Å². The van der Waals surface area contributed by atoms with Gasteiger partial charge in [0.05, 0.1) is 16.9 Å². The molecule has 1 aromatic carbocycles. The van der Waals surface area contributed by atoms with Crippen LogP contribution in [-0.2, 0) is 9.59 Å². The second-order valence-electron chi connectivity index (χ2n) is 5.53. The van der Waals surface area contributed by atoms with E-state index in [1.54, 1.807) is 41.8 Å². The quantitative estimate of drug-likeness (QED) is 0.490. The monoisotopic (exact) mass is 450 g/mol. The highest BCUT2D eigenvalue weighted by Crippen LogP contribution is 2.34. The Morgan fingerprint density at radius 2 is 2.10 bits per heavy atom. The number of thiophene rings is 1. The molecule has 0 bridgehead atoms. The maximum Gasteiger partial charge on any atom is 0.341 e. The number of carboxylic acid groups (broad SMARTS) is 1. The van der Waals surface area contributed by atoms with Crippen molar-refractivity contribution in [3.63, 3.8) is 0 Å². The first-order valence-electron chi connectivity index (χ1n) is 8.04. The summed E-state index contributed by atoms with van der Waals surface area (Å²) in [6.07, 6.45) is 1.60. The fourth-order valence-electron chi connectivity index (χ4n) is 2.31. The first-order valence-corrected chi connectivity index (χ1v) is 10.1. The van der Waals surface area contributed by atoms with Crippen LogP contribution in [0.3, 0.4) is 0 Å². The van der Waals surface area contributed by atoms with Gasteiger partial charge in [0.1, 0.15) is 0 Å². The minimum Gasteiger partial charge on any atom is -0.493 e. The zero-order valence-electron chi connectivity index (χ0n) is 14.9. The molecule has 2 N–H and O–H groups in total. The standard InChI is InChI=1S/C18H14N2O6S3/c1-25-12-7-10(4-5-11(12)26-9-15(21)22)8-14-17(24)20(18(27)29-14)19-16(23)13-3-2-6-28-13/h2-8H,9H2,1H3,(H,19,23)(H,21,22)/b14-8+. The van der Waals surface area contributed by atoms with Crippen LogP contribution < -0.4 is 14.9 Å². The third-order valence-corrected chi connectivity index (χ3v) is 5.76. The summed E-state index contributed by atoms with van der Waals surface area (Å²) in [5.74, 6) is -1.39. The van der Waals surface area contributed by atoms with E-state index in [9.17, 15) is 14.4 Å². The molecule has 0 saturated carbocycles. The van der Waals surface area contributed by atoms with Crippen molar-refractivity contribution in [2.24, 2.45) is 0 Å². The second-order valence-corrected chi connectivity index (χ2v) is 8.15. The molecule has 0 spiro atoms. The van der Waals surface area contributed by atoms with Gasteiger partial charge in [0.25, 0.3) is 11.8 Å². The molecule has 0 aliphatic carbocycles. The minimum atomic E-state index is -1.11. The highest BCUT2D eigenvalue weighted by Gasteiger charge is 2.34. The number of aliphatic carboxylic acids is 1. The average molecular weight is 451 g/mol. The van der Waals surface area contributed by atoms with Gasteiger partial charge >= 0.3 is 5.97 Å². The Morgan fingerprint density at radius 1 is 1.31 bits per heavy atom. The lowest BCUT2D eigenvalue weighted by molar-refractivity contribution is -0.139. The Labute approximate surface area is 179 Å². The van der Waals surface area contributed by atoms with Gasteiger partial charge in [-0.3, -0.25) is 15.0 Å². The first kappa shape index (κ1) is 20.8. The van der Waals surface area contributed by atoms with E-state index in [0.717, 1.165) is 16.8 Å². The molecule has 11 heteroatoms. The Balaban J connectivity index is 1.76. The van der Waals surface area contributed by atoms with Gasteiger partial charge in [-0.1, -0.05) is 23.9 Å². The van der Waals surface area contributed by atoms with Gasteiger partial charge in [-0.25, -0.2) is 4.79 Å². The Morgan fingerprint density at radius 3 is 2.76 bits per heavy atom. The van der Waals surface area contributed by atoms with Gasteiger partial charge in [-0.2, -0.15) is 5.01 Å². The van der Waals surface area contributed by atoms with E-state index in [-0.39, 0.29) is 10.1 Å². The van der Waals surface area contributed by atoms with Gasteiger partial charge in [0.15, 0.2) is 22.4 Å². The molecule has 1 aliphatic rings. The topological polar surface area (TPSA) is 105 Å². The minimum absolute atomic E-state index is 0.208. The van der Waals surface area contributed by atoms with Crippen LogP contribution in [0.4, 0.5) is 0 Å². The van der Waals surface area contributed by atoms with Gasteiger partial charge in [0, 0.05) is 0 Å². The zero-order chi connectivity index (χ0) is 21.0. The van der Waals surface area contributed by atoms with E-state index < -0.39 is 24.4 Å². The summed E-state index contributed by atoms with van der Waals surface area (Å²) in [5, 5.41) is 11.5.